The normalized spacial score (nSPS) is 10.5. The lowest BCUT2D eigenvalue weighted by atomic mass is 10.3. The Bertz CT molecular complexity index is 328. The van der Waals surface area contributed by atoms with E-state index < -0.39 is 0 Å². The van der Waals surface area contributed by atoms with Crippen LogP contribution in [0.3, 0.4) is 0 Å². The zero-order valence-corrected chi connectivity index (χ0v) is 8.94. The molecular weight excluding hydrogens is 192 g/mol. The van der Waals surface area contributed by atoms with Gasteiger partial charge >= 0.3 is 0 Å². The fourth-order valence-electron chi connectivity index (χ4n) is 1.37. The predicted octanol–water partition coefficient (Wildman–Crippen LogP) is 1.51. The topological polar surface area (TPSA) is 60.4 Å². The fourth-order valence-corrected chi connectivity index (χ4v) is 1.37. The Hall–Kier alpha value is -1.31. The molecule has 0 spiro atoms. The molecule has 4 nitrogen and oxygen atoms in total. The van der Waals surface area contributed by atoms with Crippen LogP contribution in [0.4, 0.5) is 0 Å². The van der Waals surface area contributed by atoms with Gasteiger partial charge in [0.25, 0.3) is 0 Å². The molecule has 0 aromatic carbocycles. The lowest BCUT2D eigenvalue weighted by molar-refractivity contribution is 0.225. The Morgan fingerprint density at radius 3 is 2.73 bits per heavy atom. The molecule has 1 rings (SSSR count). The van der Waals surface area contributed by atoms with Gasteiger partial charge in [0.2, 0.25) is 0 Å². The van der Waals surface area contributed by atoms with Crippen LogP contribution in [0, 0.1) is 11.3 Å². The number of nitriles is 1. The summed E-state index contributed by atoms with van der Waals surface area (Å²) in [7, 11) is 0. The highest BCUT2D eigenvalue weighted by Crippen LogP contribution is 2.10. The minimum atomic E-state index is -0.0652. The van der Waals surface area contributed by atoms with Gasteiger partial charge in [0.1, 0.15) is 18.1 Å². The van der Waals surface area contributed by atoms with Gasteiger partial charge in [-0.1, -0.05) is 6.92 Å². The Morgan fingerprint density at radius 2 is 2.20 bits per heavy atom. The molecule has 0 unspecified atom stereocenters. The van der Waals surface area contributed by atoms with Gasteiger partial charge in [-0.3, -0.25) is 4.90 Å². The summed E-state index contributed by atoms with van der Waals surface area (Å²) in [6, 6.07) is 5.76. The van der Waals surface area contributed by atoms with E-state index in [2.05, 4.69) is 11.0 Å². The van der Waals surface area contributed by atoms with E-state index >= 15 is 0 Å². The van der Waals surface area contributed by atoms with Crippen LogP contribution in [0.15, 0.2) is 16.5 Å². The summed E-state index contributed by atoms with van der Waals surface area (Å²) in [6.07, 6.45) is 0.529. The lowest BCUT2D eigenvalue weighted by Crippen LogP contribution is -2.23. The standard InChI is InChI=1S/C11H16N2O2/c1-2-13(7-3-6-12)8-10-4-5-11(9-14)15-10/h4-5,14H,2-3,7-9H2,1H3. The van der Waals surface area contributed by atoms with Crippen LogP contribution in [0.5, 0.6) is 0 Å². The molecule has 0 radical (unpaired) electrons. The van der Waals surface area contributed by atoms with Crippen molar-refractivity contribution in [1.82, 2.24) is 4.90 Å². The number of hydrogen-bond donors (Lipinski definition) is 1. The average Bonchev–Trinajstić information content (AvgIpc) is 2.71. The highest BCUT2D eigenvalue weighted by molar-refractivity contribution is 5.06. The molecule has 4 heteroatoms. The van der Waals surface area contributed by atoms with Gasteiger partial charge < -0.3 is 9.52 Å². The molecule has 82 valence electrons. The Morgan fingerprint density at radius 1 is 1.47 bits per heavy atom. The molecule has 0 atom stereocenters. The third-order valence-corrected chi connectivity index (χ3v) is 2.24. The van der Waals surface area contributed by atoms with Gasteiger partial charge in [0.15, 0.2) is 0 Å². The van der Waals surface area contributed by atoms with Crippen LogP contribution in [0.1, 0.15) is 24.9 Å². The van der Waals surface area contributed by atoms with Crippen LogP contribution >= 0.6 is 0 Å². The Labute approximate surface area is 89.7 Å². The molecular formula is C11H16N2O2. The molecule has 0 aliphatic heterocycles. The monoisotopic (exact) mass is 208 g/mol. The van der Waals surface area contributed by atoms with Gasteiger partial charge in [-0.2, -0.15) is 5.26 Å². The third-order valence-electron chi connectivity index (χ3n) is 2.24. The van der Waals surface area contributed by atoms with Crippen molar-refractivity contribution in [2.45, 2.75) is 26.5 Å². The molecule has 0 aliphatic rings. The second kappa shape index (κ2) is 6.23. The van der Waals surface area contributed by atoms with Crippen molar-refractivity contribution in [3.05, 3.63) is 23.7 Å². The first-order valence-corrected chi connectivity index (χ1v) is 5.08. The van der Waals surface area contributed by atoms with Gasteiger partial charge in [0.05, 0.1) is 12.6 Å². The van der Waals surface area contributed by atoms with E-state index in [1.165, 1.54) is 0 Å². The van der Waals surface area contributed by atoms with E-state index in [1.54, 1.807) is 6.07 Å². The van der Waals surface area contributed by atoms with Gasteiger partial charge in [-0.05, 0) is 18.7 Å². The minimum absolute atomic E-state index is 0.0652. The van der Waals surface area contributed by atoms with Crippen molar-refractivity contribution < 1.29 is 9.52 Å². The molecule has 1 N–H and O–H groups in total. The first kappa shape index (κ1) is 11.8. The molecule has 0 bridgehead atoms. The molecule has 0 amide bonds. The second-order valence-electron chi connectivity index (χ2n) is 3.30. The van der Waals surface area contributed by atoms with E-state index in [1.807, 2.05) is 13.0 Å². The van der Waals surface area contributed by atoms with Crippen LogP contribution in [0.25, 0.3) is 0 Å². The molecule has 0 aliphatic carbocycles. The van der Waals surface area contributed by atoms with E-state index in [9.17, 15) is 0 Å². The summed E-state index contributed by atoms with van der Waals surface area (Å²) >= 11 is 0. The Kier molecular flexibility index (Phi) is 4.88. The first-order valence-electron chi connectivity index (χ1n) is 5.08. The number of hydrogen-bond acceptors (Lipinski definition) is 4. The maximum absolute atomic E-state index is 8.83. The van der Waals surface area contributed by atoms with E-state index in [0.717, 1.165) is 18.8 Å². The molecule has 0 fully saturated rings. The zero-order chi connectivity index (χ0) is 11.1. The van der Waals surface area contributed by atoms with Crippen molar-refractivity contribution in [2.75, 3.05) is 13.1 Å². The van der Waals surface area contributed by atoms with Crippen molar-refractivity contribution in [1.29, 1.82) is 5.26 Å². The van der Waals surface area contributed by atoms with Crippen LogP contribution in [0.2, 0.25) is 0 Å². The van der Waals surface area contributed by atoms with Crippen LogP contribution in [-0.2, 0) is 13.2 Å². The molecule has 1 aromatic heterocycles. The van der Waals surface area contributed by atoms with Crippen molar-refractivity contribution in [2.24, 2.45) is 0 Å². The summed E-state index contributed by atoms with van der Waals surface area (Å²) in [5.41, 5.74) is 0. The summed E-state index contributed by atoms with van der Waals surface area (Å²) < 4.78 is 5.37. The van der Waals surface area contributed by atoms with Crippen LogP contribution < -0.4 is 0 Å². The fraction of sp³-hybridized carbons (Fsp3) is 0.545. The second-order valence-corrected chi connectivity index (χ2v) is 3.30. The maximum Gasteiger partial charge on any atom is 0.129 e. The van der Waals surface area contributed by atoms with Gasteiger partial charge in [0, 0.05) is 13.0 Å². The highest BCUT2D eigenvalue weighted by Gasteiger charge is 2.06. The number of furan rings is 1. The highest BCUT2D eigenvalue weighted by atomic mass is 16.4. The largest absolute Gasteiger partial charge is 0.462 e. The summed E-state index contributed by atoms with van der Waals surface area (Å²) in [4.78, 5) is 2.13. The predicted molar refractivity (Wildman–Crippen MR) is 55.8 cm³/mol. The van der Waals surface area contributed by atoms with Crippen molar-refractivity contribution >= 4 is 0 Å². The van der Waals surface area contributed by atoms with Gasteiger partial charge in [-0.15, -0.1) is 0 Å². The maximum atomic E-state index is 8.83. The summed E-state index contributed by atoms with van der Waals surface area (Å²) in [5, 5.41) is 17.3. The summed E-state index contributed by atoms with van der Waals surface area (Å²) in [6.45, 7) is 4.31. The molecule has 1 heterocycles. The molecule has 15 heavy (non-hydrogen) atoms. The quantitative estimate of drug-likeness (QED) is 0.769. The Balaban J connectivity index is 2.47. The van der Waals surface area contributed by atoms with E-state index in [0.29, 0.717) is 18.7 Å². The van der Waals surface area contributed by atoms with E-state index in [4.69, 9.17) is 14.8 Å². The lowest BCUT2D eigenvalue weighted by Gasteiger charge is -2.16. The molecule has 1 aromatic rings. The summed E-state index contributed by atoms with van der Waals surface area (Å²) in [5.74, 6) is 1.42. The average molecular weight is 208 g/mol. The van der Waals surface area contributed by atoms with Crippen molar-refractivity contribution in [3.8, 4) is 6.07 Å². The first-order chi connectivity index (χ1) is 7.30. The zero-order valence-electron chi connectivity index (χ0n) is 8.94. The minimum Gasteiger partial charge on any atom is -0.462 e. The SMILES string of the molecule is CCN(CCC#N)Cc1ccc(CO)o1. The number of aliphatic hydroxyl groups excluding tert-OH is 1. The van der Waals surface area contributed by atoms with E-state index in [-0.39, 0.29) is 6.61 Å². The third kappa shape index (κ3) is 3.74. The molecule has 0 saturated heterocycles. The number of nitrogens with zero attached hydrogens (tertiary/aromatic N) is 2. The molecule has 0 saturated carbocycles. The smallest absolute Gasteiger partial charge is 0.129 e. The van der Waals surface area contributed by atoms with Crippen LogP contribution in [-0.4, -0.2) is 23.1 Å². The van der Waals surface area contributed by atoms with Crippen molar-refractivity contribution in [3.63, 3.8) is 0 Å². The number of rotatable bonds is 6. The number of aliphatic hydroxyl groups is 1. The van der Waals surface area contributed by atoms with Gasteiger partial charge in [-0.25, -0.2) is 0 Å².